The maximum Gasteiger partial charge on any atom is 0.251 e. The lowest BCUT2D eigenvalue weighted by molar-refractivity contribution is -0.183. The summed E-state index contributed by atoms with van der Waals surface area (Å²) >= 11 is 1.69. The van der Waals surface area contributed by atoms with Gasteiger partial charge in [0.05, 0.1) is 25.9 Å². The van der Waals surface area contributed by atoms with E-state index in [9.17, 15) is 19.8 Å². The van der Waals surface area contributed by atoms with Crippen LogP contribution in [0.3, 0.4) is 0 Å². The summed E-state index contributed by atoms with van der Waals surface area (Å²) in [6, 6.07) is 15.0. The second kappa shape index (κ2) is 17.5. The summed E-state index contributed by atoms with van der Waals surface area (Å²) in [6.45, 7) is 11.4. The molecule has 3 saturated carbocycles. The molecule has 12 heteroatoms. The Bertz CT molecular complexity index is 1810. The van der Waals surface area contributed by atoms with Crippen LogP contribution in [0.15, 0.2) is 53.9 Å². The van der Waals surface area contributed by atoms with Gasteiger partial charge in [-0.2, -0.15) is 5.06 Å². The molecule has 2 heterocycles. The number of anilines is 1. The van der Waals surface area contributed by atoms with Gasteiger partial charge in [-0.15, -0.1) is 11.3 Å². The summed E-state index contributed by atoms with van der Waals surface area (Å²) in [6.07, 6.45) is 1.22. The summed E-state index contributed by atoms with van der Waals surface area (Å²) in [5.41, 5.74) is 4.08. The normalized spacial score (nSPS) is 26.7. The van der Waals surface area contributed by atoms with E-state index in [4.69, 9.17) is 9.57 Å². The summed E-state index contributed by atoms with van der Waals surface area (Å²) in [4.78, 5) is 40.0. The van der Waals surface area contributed by atoms with E-state index in [1.807, 2.05) is 82.5 Å². The first-order valence-electron chi connectivity index (χ1n) is 20.2. The van der Waals surface area contributed by atoms with E-state index in [0.717, 1.165) is 35.2 Å². The monoisotopic (exact) mass is 789 g/mol. The second-order valence-corrected chi connectivity index (χ2v) is 18.4. The van der Waals surface area contributed by atoms with Crippen LogP contribution in [0.5, 0.6) is 5.75 Å². The molecule has 4 fully saturated rings. The number of nitrogens with one attached hydrogen (secondary N) is 2. The van der Waals surface area contributed by atoms with Gasteiger partial charge in [0.1, 0.15) is 17.9 Å². The number of aliphatic hydroxyl groups excluding tert-OH is 2. The molecule has 2 amide bonds. The van der Waals surface area contributed by atoms with Crippen molar-refractivity contribution >= 4 is 28.8 Å². The predicted octanol–water partition coefficient (Wildman–Crippen LogP) is 5.44. The largest absolute Gasteiger partial charge is 0.493 e. The van der Waals surface area contributed by atoms with Crippen molar-refractivity contribution in [2.24, 2.45) is 29.1 Å². The third kappa shape index (κ3) is 8.80. The average molecular weight is 790 g/mol. The number of carbonyl (C=O) groups excluding carboxylic acids is 2. The van der Waals surface area contributed by atoms with Gasteiger partial charge in [-0.25, -0.2) is 0 Å². The van der Waals surface area contributed by atoms with Crippen LogP contribution < -0.4 is 20.3 Å². The summed E-state index contributed by atoms with van der Waals surface area (Å²) < 4.78 is 6.40. The van der Waals surface area contributed by atoms with Gasteiger partial charge >= 0.3 is 0 Å². The Morgan fingerprint density at radius 3 is 2.48 bits per heavy atom. The maximum absolute atomic E-state index is 14.3. The summed E-state index contributed by atoms with van der Waals surface area (Å²) in [7, 11) is 7.93. The highest BCUT2D eigenvalue weighted by molar-refractivity contribution is 7.09. The van der Waals surface area contributed by atoms with Crippen LogP contribution in [0.1, 0.15) is 68.3 Å². The molecule has 0 unspecified atom stereocenters. The lowest BCUT2D eigenvalue weighted by Gasteiger charge is -2.62. The first-order chi connectivity index (χ1) is 26.6. The molecule has 4 N–H and O–H groups in total. The zero-order valence-electron chi connectivity index (χ0n) is 34.6. The molecule has 11 nitrogen and oxygen atoms in total. The van der Waals surface area contributed by atoms with Crippen LogP contribution in [-0.2, 0) is 22.6 Å². The van der Waals surface area contributed by atoms with Crippen molar-refractivity contribution in [3.63, 3.8) is 0 Å². The van der Waals surface area contributed by atoms with Gasteiger partial charge in [0.25, 0.3) is 5.91 Å². The number of fused-ring (bicyclic) bond motifs is 2. The molecule has 56 heavy (non-hydrogen) atoms. The van der Waals surface area contributed by atoms with Crippen molar-refractivity contribution in [1.82, 2.24) is 20.6 Å². The number of aliphatic hydroxyl groups is 2. The predicted molar refractivity (Wildman–Crippen MR) is 223 cm³/mol. The molecule has 2 bridgehead atoms. The molecule has 9 atom stereocenters. The third-order valence-corrected chi connectivity index (χ3v) is 13.6. The van der Waals surface area contributed by atoms with E-state index in [1.165, 1.54) is 11.3 Å². The molecule has 2 aromatic carbocycles. The molecule has 0 radical (unpaired) electrons. The van der Waals surface area contributed by atoms with Crippen LogP contribution >= 0.6 is 11.3 Å². The molecule has 0 spiro atoms. The van der Waals surface area contributed by atoms with Gasteiger partial charge in [-0.3, -0.25) is 14.4 Å². The highest BCUT2D eigenvalue weighted by Gasteiger charge is 2.57. The van der Waals surface area contributed by atoms with Crippen LogP contribution in [0.2, 0.25) is 0 Å². The zero-order chi connectivity index (χ0) is 40.5. The number of hydroxylamine groups is 2. The van der Waals surface area contributed by atoms with Crippen molar-refractivity contribution in [3.05, 3.63) is 69.9 Å². The van der Waals surface area contributed by atoms with Crippen molar-refractivity contribution in [2.45, 2.75) is 90.8 Å². The molecule has 7 rings (SSSR count). The number of hydrogen-bond donors (Lipinski definition) is 4. The average Bonchev–Trinajstić information content (AvgIpc) is 3.80. The number of amides is 2. The third-order valence-electron chi connectivity index (χ3n) is 12.7. The van der Waals surface area contributed by atoms with Gasteiger partial charge in [0.15, 0.2) is 0 Å². The fourth-order valence-corrected chi connectivity index (χ4v) is 10.4. The molecule has 1 saturated heterocycles. The number of likely N-dealkylation sites (N-methyl/N-ethyl adjacent to an activating group) is 1. The zero-order valence-corrected chi connectivity index (χ0v) is 35.4. The lowest BCUT2D eigenvalue weighted by Crippen LogP contribution is -2.62. The van der Waals surface area contributed by atoms with Crippen LogP contribution in [0.4, 0.5) is 5.69 Å². The summed E-state index contributed by atoms with van der Waals surface area (Å²) in [5, 5.41) is 31.8. The standard InChI is InChI=1S/C44H63N5O6S/c1-10-54-41-28(23-49-40(39(27(3)51)38(25-50)55-49)43(53)46-37-21-31-20-36(26(37)2)44(31,4)5)13-11-15-35(41)29-17-30(19-33(18-29)48(8)9)42(52)45-32(24-47(6)7)22-34-14-12-16-56-34/h11-19,26-27,31-32,36-40,50-51H,10,20-25H2,1-9H3,(H,45,52)(H,46,53)/t26-,27-,31-,32-,36+,37-,38-,39+,40-/m0/s1. The minimum Gasteiger partial charge on any atom is -0.493 e. The van der Waals surface area contributed by atoms with Crippen LogP contribution in [0, 0.1) is 29.1 Å². The highest BCUT2D eigenvalue weighted by atomic mass is 32.1. The molecule has 4 aliphatic rings. The van der Waals surface area contributed by atoms with E-state index < -0.39 is 24.2 Å². The summed E-state index contributed by atoms with van der Waals surface area (Å²) in [5.74, 6) is 1.09. The van der Waals surface area contributed by atoms with Gasteiger partial charge < -0.3 is 35.4 Å². The van der Waals surface area contributed by atoms with Crippen molar-refractivity contribution in [3.8, 4) is 16.9 Å². The molecule has 3 aromatic rings. The number of carbonyl (C=O) groups is 2. The van der Waals surface area contributed by atoms with Gasteiger partial charge in [0, 0.05) is 72.3 Å². The van der Waals surface area contributed by atoms with Gasteiger partial charge in [0.2, 0.25) is 5.91 Å². The molecule has 306 valence electrons. The van der Waals surface area contributed by atoms with Crippen molar-refractivity contribution in [1.29, 1.82) is 0 Å². The molecule has 1 aliphatic heterocycles. The smallest absolute Gasteiger partial charge is 0.251 e. The SMILES string of the molecule is CCOc1c(CN2O[C@@H](CO)[C@@H]([C@H](C)O)[C@H]2C(=O)N[C@H]2C[C@@H]3C[C@H]([C@@H]2C)C3(C)C)cccc1-c1cc(C(=O)N[C@@H](Cc2cccs2)CN(C)C)cc(N(C)C)c1. The Balaban J connectivity index is 1.30. The van der Waals surface area contributed by atoms with E-state index in [1.54, 1.807) is 23.3 Å². The number of thiophene rings is 1. The van der Waals surface area contributed by atoms with Gasteiger partial charge in [-0.1, -0.05) is 45.0 Å². The highest BCUT2D eigenvalue weighted by Crippen LogP contribution is 2.61. The van der Waals surface area contributed by atoms with Crippen molar-refractivity contribution in [2.75, 3.05) is 52.8 Å². The van der Waals surface area contributed by atoms with Gasteiger partial charge in [-0.05, 0) is 99.2 Å². The molecular formula is C44H63N5O6S. The number of rotatable bonds is 16. The number of ether oxygens (including phenoxy) is 1. The topological polar surface area (TPSA) is 127 Å². The lowest BCUT2D eigenvalue weighted by atomic mass is 9.45. The van der Waals surface area contributed by atoms with E-state index >= 15 is 0 Å². The Hall–Kier alpha value is -3.52. The maximum atomic E-state index is 14.3. The number of hydrogen-bond acceptors (Lipinski definition) is 10. The second-order valence-electron chi connectivity index (χ2n) is 17.3. The molecule has 3 aliphatic carbocycles. The fraction of sp³-hybridized carbons (Fsp3) is 0.591. The molecular weight excluding hydrogens is 727 g/mol. The van der Waals surface area contributed by atoms with Crippen LogP contribution in [-0.4, -0.2) is 110 Å². The van der Waals surface area contributed by atoms with E-state index in [2.05, 4.69) is 47.8 Å². The molecule has 1 aromatic heterocycles. The Labute approximate surface area is 337 Å². The van der Waals surface area contributed by atoms with Crippen molar-refractivity contribution < 1.29 is 29.4 Å². The number of benzene rings is 2. The number of nitrogens with zero attached hydrogens (tertiary/aromatic N) is 3. The minimum absolute atomic E-state index is 0.0375. The quantitative estimate of drug-likeness (QED) is 0.150. The first kappa shape index (κ1) is 42.1. The first-order valence-corrected chi connectivity index (χ1v) is 21.1. The van der Waals surface area contributed by atoms with E-state index in [0.29, 0.717) is 42.2 Å². The Morgan fingerprint density at radius 1 is 1.11 bits per heavy atom. The number of para-hydroxylation sites is 1. The fourth-order valence-electron chi connectivity index (χ4n) is 9.60. The van der Waals surface area contributed by atoms with E-state index in [-0.39, 0.29) is 42.5 Å². The minimum atomic E-state index is -0.900. The Morgan fingerprint density at radius 2 is 1.88 bits per heavy atom. The Kier molecular flexibility index (Phi) is 13.2. The van der Waals surface area contributed by atoms with Crippen LogP contribution in [0.25, 0.3) is 11.1 Å².